The van der Waals surface area contributed by atoms with E-state index in [9.17, 15) is 4.79 Å². The minimum Gasteiger partial charge on any atom is -0.341 e. The van der Waals surface area contributed by atoms with E-state index >= 15 is 0 Å². The van der Waals surface area contributed by atoms with Crippen LogP contribution in [0.25, 0.3) is 0 Å². The Morgan fingerprint density at radius 3 is 2.33 bits per heavy atom. The summed E-state index contributed by atoms with van der Waals surface area (Å²) in [6.07, 6.45) is 2.54. The number of hydrogen-bond donors (Lipinski definition) is 1. The molecule has 0 aliphatic heterocycles. The Hall–Kier alpha value is -0.570. The molecule has 0 aromatic carbocycles. The lowest BCUT2D eigenvalue weighted by Gasteiger charge is -2.31. The van der Waals surface area contributed by atoms with Crippen LogP contribution in [-0.2, 0) is 4.79 Å². The van der Waals surface area contributed by atoms with Gasteiger partial charge in [-0.1, -0.05) is 20.8 Å². The van der Waals surface area contributed by atoms with Crippen molar-refractivity contribution in [3.8, 4) is 0 Å². The smallest absolute Gasteiger partial charge is 0.240 e. The fraction of sp³-hybridized carbons (Fsp3) is 0.917. The van der Waals surface area contributed by atoms with Crippen LogP contribution >= 0.6 is 0 Å². The van der Waals surface area contributed by atoms with Crippen LogP contribution in [0.5, 0.6) is 0 Å². The van der Waals surface area contributed by atoms with Crippen LogP contribution in [0.3, 0.4) is 0 Å². The van der Waals surface area contributed by atoms with E-state index in [4.69, 9.17) is 5.73 Å². The second-order valence-corrected chi connectivity index (χ2v) is 5.66. The standard InChI is InChI=1S/C12H24N2O/c1-5-14(8-9-6-7-9)11(15)10(13)12(2,3)4/h9-10H,5-8,13H2,1-4H3. The van der Waals surface area contributed by atoms with Crippen molar-refractivity contribution in [1.82, 2.24) is 4.90 Å². The zero-order valence-corrected chi connectivity index (χ0v) is 10.4. The van der Waals surface area contributed by atoms with E-state index in [1.807, 2.05) is 32.6 Å². The highest BCUT2D eigenvalue weighted by atomic mass is 16.2. The van der Waals surface area contributed by atoms with Gasteiger partial charge in [0.2, 0.25) is 5.91 Å². The molecule has 0 saturated heterocycles. The van der Waals surface area contributed by atoms with Gasteiger partial charge in [-0.2, -0.15) is 0 Å². The van der Waals surface area contributed by atoms with E-state index in [1.165, 1.54) is 12.8 Å². The molecule has 0 spiro atoms. The van der Waals surface area contributed by atoms with Gasteiger partial charge >= 0.3 is 0 Å². The first-order valence-electron chi connectivity index (χ1n) is 5.90. The minimum atomic E-state index is -0.379. The molecule has 88 valence electrons. The Kier molecular flexibility index (Phi) is 3.77. The second kappa shape index (κ2) is 4.52. The number of carbonyl (C=O) groups excluding carboxylic acids is 1. The van der Waals surface area contributed by atoms with E-state index in [0.717, 1.165) is 19.0 Å². The Bertz CT molecular complexity index is 228. The average Bonchev–Trinajstić information content (AvgIpc) is 2.94. The largest absolute Gasteiger partial charge is 0.341 e. The van der Waals surface area contributed by atoms with E-state index in [1.54, 1.807) is 0 Å². The molecule has 2 N–H and O–H groups in total. The van der Waals surface area contributed by atoms with Crippen molar-refractivity contribution in [2.45, 2.75) is 46.6 Å². The highest BCUT2D eigenvalue weighted by Crippen LogP contribution is 2.30. The Morgan fingerprint density at radius 1 is 1.47 bits per heavy atom. The fourth-order valence-corrected chi connectivity index (χ4v) is 1.55. The molecule has 3 heteroatoms. The predicted octanol–water partition coefficient (Wildman–Crippen LogP) is 1.62. The zero-order chi connectivity index (χ0) is 11.6. The molecule has 0 aromatic heterocycles. The number of carbonyl (C=O) groups is 1. The third-order valence-electron chi connectivity index (χ3n) is 3.07. The van der Waals surface area contributed by atoms with Crippen molar-refractivity contribution in [2.75, 3.05) is 13.1 Å². The van der Waals surface area contributed by atoms with Crippen molar-refractivity contribution in [3.63, 3.8) is 0 Å². The molecule has 0 aromatic rings. The van der Waals surface area contributed by atoms with Crippen molar-refractivity contribution >= 4 is 5.91 Å². The van der Waals surface area contributed by atoms with Crippen molar-refractivity contribution in [3.05, 3.63) is 0 Å². The molecule has 1 aliphatic carbocycles. The normalized spacial score (nSPS) is 18.7. The van der Waals surface area contributed by atoms with Gasteiger partial charge in [-0.3, -0.25) is 4.79 Å². The molecule has 1 amide bonds. The van der Waals surface area contributed by atoms with Gasteiger partial charge in [0.05, 0.1) is 6.04 Å². The van der Waals surface area contributed by atoms with Crippen molar-refractivity contribution in [1.29, 1.82) is 0 Å². The first-order chi connectivity index (χ1) is 6.86. The molecular formula is C12H24N2O. The maximum Gasteiger partial charge on any atom is 0.240 e. The van der Waals surface area contributed by atoms with E-state index in [-0.39, 0.29) is 17.4 Å². The summed E-state index contributed by atoms with van der Waals surface area (Å²) in [5, 5.41) is 0. The lowest BCUT2D eigenvalue weighted by molar-refractivity contribution is -0.135. The van der Waals surface area contributed by atoms with E-state index in [0.29, 0.717) is 0 Å². The molecule has 1 aliphatic rings. The molecule has 1 saturated carbocycles. The summed E-state index contributed by atoms with van der Waals surface area (Å²) in [7, 11) is 0. The van der Waals surface area contributed by atoms with Crippen LogP contribution < -0.4 is 5.73 Å². The van der Waals surface area contributed by atoms with Crippen LogP contribution in [0.1, 0.15) is 40.5 Å². The molecule has 1 rings (SSSR count). The molecule has 3 nitrogen and oxygen atoms in total. The van der Waals surface area contributed by atoms with Gasteiger partial charge in [0.15, 0.2) is 0 Å². The van der Waals surface area contributed by atoms with Crippen molar-refractivity contribution < 1.29 is 4.79 Å². The number of amides is 1. The van der Waals surface area contributed by atoms with Gasteiger partial charge in [-0.05, 0) is 31.1 Å². The number of likely N-dealkylation sites (N-methyl/N-ethyl adjacent to an activating group) is 1. The van der Waals surface area contributed by atoms with Crippen LogP contribution in [0.15, 0.2) is 0 Å². The Labute approximate surface area is 93.0 Å². The summed E-state index contributed by atoms with van der Waals surface area (Å²) in [5.74, 6) is 0.845. The maximum atomic E-state index is 12.1. The first-order valence-corrected chi connectivity index (χ1v) is 5.90. The van der Waals surface area contributed by atoms with E-state index in [2.05, 4.69) is 0 Å². The Morgan fingerprint density at radius 2 is 2.00 bits per heavy atom. The molecule has 0 radical (unpaired) electrons. The summed E-state index contributed by atoms with van der Waals surface area (Å²) in [5.41, 5.74) is 5.83. The predicted molar refractivity (Wildman–Crippen MR) is 62.4 cm³/mol. The average molecular weight is 212 g/mol. The van der Waals surface area contributed by atoms with Crippen molar-refractivity contribution in [2.24, 2.45) is 17.1 Å². The van der Waals surface area contributed by atoms with Crippen LogP contribution in [0.2, 0.25) is 0 Å². The number of nitrogens with two attached hydrogens (primary N) is 1. The minimum absolute atomic E-state index is 0.108. The molecular weight excluding hydrogens is 188 g/mol. The van der Waals surface area contributed by atoms with Gasteiger partial charge in [0.1, 0.15) is 0 Å². The van der Waals surface area contributed by atoms with Gasteiger partial charge in [-0.25, -0.2) is 0 Å². The summed E-state index contributed by atoms with van der Waals surface area (Å²) in [4.78, 5) is 14.0. The quantitative estimate of drug-likeness (QED) is 0.769. The monoisotopic (exact) mass is 212 g/mol. The number of nitrogens with zero attached hydrogens (tertiary/aromatic N) is 1. The number of rotatable bonds is 4. The summed E-state index contributed by atoms with van der Waals surface area (Å²) < 4.78 is 0. The van der Waals surface area contributed by atoms with Gasteiger partial charge in [0, 0.05) is 13.1 Å². The second-order valence-electron chi connectivity index (χ2n) is 5.66. The highest BCUT2D eigenvalue weighted by molar-refractivity contribution is 5.82. The maximum absolute atomic E-state index is 12.1. The molecule has 15 heavy (non-hydrogen) atoms. The van der Waals surface area contributed by atoms with Gasteiger partial charge in [-0.15, -0.1) is 0 Å². The molecule has 0 bridgehead atoms. The Balaban J connectivity index is 2.54. The van der Waals surface area contributed by atoms with Crippen LogP contribution in [0.4, 0.5) is 0 Å². The SMILES string of the molecule is CCN(CC1CC1)C(=O)C(N)C(C)(C)C. The molecule has 0 heterocycles. The fourth-order valence-electron chi connectivity index (χ4n) is 1.55. The highest BCUT2D eigenvalue weighted by Gasteiger charge is 2.33. The summed E-state index contributed by atoms with van der Waals surface area (Å²) in [6.45, 7) is 9.75. The molecule has 1 atom stereocenters. The summed E-state index contributed by atoms with van der Waals surface area (Å²) >= 11 is 0. The first kappa shape index (κ1) is 12.5. The molecule has 1 fully saturated rings. The third-order valence-corrected chi connectivity index (χ3v) is 3.07. The van der Waals surface area contributed by atoms with Crippen LogP contribution in [0, 0.1) is 11.3 Å². The summed E-state index contributed by atoms with van der Waals surface area (Å²) in [6, 6.07) is -0.379. The van der Waals surface area contributed by atoms with Gasteiger partial charge < -0.3 is 10.6 Å². The van der Waals surface area contributed by atoms with E-state index < -0.39 is 0 Å². The topological polar surface area (TPSA) is 46.3 Å². The third kappa shape index (κ3) is 3.49. The van der Waals surface area contributed by atoms with Crippen LogP contribution in [-0.4, -0.2) is 29.9 Å². The lowest BCUT2D eigenvalue weighted by atomic mass is 9.86. The molecule has 1 unspecified atom stereocenters. The zero-order valence-electron chi connectivity index (χ0n) is 10.4. The van der Waals surface area contributed by atoms with Gasteiger partial charge in [0.25, 0.3) is 0 Å². The lowest BCUT2D eigenvalue weighted by Crippen LogP contribution is -2.50. The number of hydrogen-bond acceptors (Lipinski definition) is 2.